The van der Waals surface area contributed by atoms with Crippen LogP contribution in [0.1, 0.15) is 11.3 Å². The molecule has 6 heteroatoms. The van der Waals surface area contributed by atoms with Crippen molar-refractivity contribution in [2.75, 3.05) is 0 Å². The number of hydrogen-bond acceptors (Lipinski definition) is 3. The van der Waals surface area contributed by atoms with Gasteiger partial charge in [0.15, 0.2) is 0 Å². The molecule has 0 fully saturated rings. The van der Waals surface area contributed by atoms with Crippen molar-refractivity contribution in [1.29, 1.82) is 5.26 Å². The molecule has 0 saturated carbocycles. The average Bonchev–Trinajstić information content (AvgIpc) is 3.01. The monoisotopic (exact) mass is 387 g/mol. The van der Waals surface area contributed by atoms with Crippen LogP contribution in [0.4, 0.5) is 5.69 Å². The fourth-order valence-corrected chi connectivity index (χ4v) is 3.58. The highest BCUT2D eigenvalue weighted by atomic mass is 35.5. The van der Waals surface area contributed by atoms with Gasteiger partial charge in [0.25, 0.3) is 5.69 Å². The SMILES string of the molecule is N#Cc1c(-c2ccccc2)c2cc(Cl)ccc2n1Cc1ccc([N+](=O)[O-])cc1. The van der Waals surface area contributed by atoms with Crippen molar-refractivity contribution < 1.29 is 4.92 Å². The highest BCUT2D eigenvalue weighted by Crippen LogP contribution is 2.36. The molecule has 0 unspecified atom stereocenters. The van der Waals surface area contributed by atoms with E-state index in [2.05, 4.69) is 6.07 Å². The molecule has 1 aromatic heterocycles. The molecule has 0 saturated heterocycles. The topological polar surface area (TPSA) is 71.9 Å². The number of rotatable bonds is 4. The number of nitro groups is 1. The van der Waals surface area contributed by atoms with Crippen LogP contribution in [0.25, 0.3) is 22.0 Å². The second-order valence-corrected chi connectivity index (χ2v) is 6.81. The van der Waals surface area contributed by atoms with Gasteiger partial charge in [-0.1, -0.05) is 54.1 Å². The van der Waals surface area contributed by atoms with E-state index in [4.69, 9.17) is 11.6 Å². The maximum atomic E-state index is 10.9. The van der Waals surface area contributed by atoms with Gasteiger partial charge in [-0.3, -0.25) is 10.1 Å². The van der Waals surface area contributed by atoms with Crippen LogP contribution in [-0.2, 0) is 6.54 Å². The highest BCUT2D eigenvalue weighted by molar-refractivity contribution is 6.31. The van der Waals surface area contributed by atoms with E-state index in [1.807, 2.05) is 47.0 Å². The number of aromatic nitrogens is 1. The van der Waals surface area contributed by atoms with Gasteiger partial charge in [-0.15, -0.1) is 0 Å². The van der Waals surface area contributed by atoms with Gasteiger partial charge in [0.1, 0.15) is 11.8 Å². The van der Waals surface area contributed by atoms with Gasteiger partial charge in [0.2, 0.25) is 0 Å². The van der Waals surface area contributed by atoms with Gasteiger partial charge in [-0.2, -0.15) is 5.26 Å². The summed E-state index contributed by atoms with van der Waals surface area (Å²) in [4.78, 5) is 10.5. The number of benzene rings is 3. The molecule has 0 atom stereocenters. The minimum absolute atomic E-state index is 0.0402. The third-order valence-corrected chi connectivity index (χ3v) is 4.92. The fourth-order valence-electron chi connectivity index (χ4n) is 3.41. The number of nitrogens with zero attached hydrogens (tertiary/aromatic N) is 3. The van der Waals surface area contributed by atoms with Crippen LogP contribution < -0.4 is 0 Å². The quantitative estimate of drug-likeness (QED) is 0.328. The minimum Gasteiger partial charge on any atom is -0.327 e. The van der Waals surface area contributed by atoms with Gasteiger partial charge in [0, 0.05) is 34.6 Å². The lowest BCUT2D eigenvalue weighted by Crippen LogP contribution is -2.02. The normalized spacial score (nSPS) is 10.7. The smallest absolute Gasteiger partial charge is 0.269 e. The molecule has 1 heterocycles. The molecule has 4 rings (SSSR count). The third kappa shape index (κ3) is 3.11. The van der Waals surface area contributed by atoms with Crippen LogP contribution in [0.15, 0.2) is 72.8 Å². The first-order chi connectivity index (χ1) is 13.6. The fraction of sp³-hybridized carbons (Fsp3) is 0.0455. The standard InChI is InChI=1S/C22H14ClN3O2/c23-17-8-11-20-19(12-17)22(16-4-2-1-3-5-16)21(13-24)25(20)14-15-6-9-18(10-7-15)26(27)28/h1-12H,14H2. The van der Waals surface area contributed by atoms with Crippen molar-refractivity contribution in [1.82, 2.24) is 4.57 Å². The molecule has 28 heavy (non-hydrogen) atoms. The van der Waals surface area contributed by atoms with Gasteiger partial charge >= 0.3 is 0 Å². The molecule has 136 valence electrons. The number of non-ortho nitro benzene ring substituents is 1. The zero-order valence-electron chi connectivity index (χ0n) is 14.7. The Morgan fingerprint density at radius 2 is 1.75 bits per heavy atom. The zero-order valence-corrected chi connectivity index (χ0v) is 15.4. The lowest BCUT2D eigenvalue weighted by molar-refractivity contribution is -0.384. The van der Waals surface area contributed by atoms with E-state index in [-0.39, 0.29) is 5.69 Å². The Labute approximate surface area is 166 Å². The van der Waals surface area contributed by atoms with Crippen molar-refractivity contribution in [2.24, 2.45) is 0 Å². The maximum absolute atomic E-state index is 10.9. The van der Waals surface area contributed by atoms with Crippen LogP contribution in [0, 0.1) is 21.4 Å². The van der Waals surface area contributed by atoms with Crippen molar-refractivity contribution in [3.05, 3.63) is 99.2 Å². The van der Waals surface area contributed by atoms with E-state index in [1.54, 1.807) is 18.2 Å². The largest absolute Gasteiger partial charge is 0.327 e. The summed E-state index contributed by atoms with van der Waals surface area (Å²) in [5.41, 5.74) is 4.10. The summed E-state index contributed by atoms with van der Waals surface area (Å²) in [5.74, 6) is 0. The van der Waals surface area contributed by atoms with E-state index in [0.29, 0.717) is 17.3 Å². The number of nitro benzene ring substituents is 1. The number of hydrogen-bond donors (Lipinski definition) is 0. The van der Waals surface area contributed by atoms with Gasteiger partial charge in [0.05, 0.1) is 10.4 Å². The summed E-state index contributed by atoms with van der Waals surface area (Å²) >= 11 is 6.23. The Morgan fingerprint density at radius 3 is 2.39 bits per heavy atom. The second kappa shape index (κ2) is 7.18. The zero-order chi connectivity index (χ0) is 19.7. The van der Waals surface area contributed by atoms with Crippen molar-refractivity contribution >= 4 is 28.2 Å². The van der Waals surface area contributed by atoms with E-state index in [1.165, 1.54) is 12.1 Å². The van der Waals surface area contributed by atoms with Crippen molar-refractivity contribution in [2.45, 2.75) is 6.54 Å². The molecule has 3 aromatic carbocycles. The molecule has 0 aliphatic carbocycles. The van der Waals surface area contributed by atoms with Crippen molar-refractivity contribution in [3.8, 4) is 17.2 Å². The molecule has 0 amide bonds. The lowest BCUT2D eigenvalue weighted by atomic mass is 10.0. The van der Waals surface area contributed by atoms with E-state index >= 15 is 0 Å². The Bertz CT molecular complexity index is 1220. The third-order valence-electron chi connectivity index (χ3n) is 4.68. The van der Waals surface area contributed by atoms with Gasteiger partial charge < -0.3 is 4.57 Å². The van der Waals surface area contributed by atoms with Crippen LogP contribution >= 0.6 is 11.6 Å². The number of nitriles is 1. The number of fused-ring (bicyclic) bond motifs is 1. The second-order valence-electron chi connectivity index (χ2n) is 6.37. The van der Waals surface area contributed by atoms with Crippen LogP contribution in [0.5, 0.6) is 0 Å². The lowest BCUT2D eigenvalue weighted by Gasteiger charge is -2.08. The first-order valence-corrected chi connectivity index (χ1v) is 8.97. The minimum atomic E-state index is -0.426. The molecule has 0 bridgehead atoms. The Hall–Kier alpha value is -3.62. The molecule has 4 aromatic rings. The van der Waals surface area contributed by atoms with Crippen LogP contribution in [-0.4, -0.2) is 9.49 Å². The summed E-state index contributed by atoms with van der Waals surface area (Å²) in [6, 6.07) is 24.0. The predicted molar refractivity (Wildman–Crippen MR) is 109 cm³/mol. The Morgan fingerprint density at radius 1 is 1.04 bits per heavy atom. The van der Waals surface area contributed by atoms with Crippen LogP contribution in [0.2, 0.25) is 5.02 Å². The van der Waals surface area contributed by atoms with Crippen LogP contribution in [0.3, 0.4) is 0 Å². The molecular weight excluding hydrogens is 374 g/mol. The molecule has 5 nitrogen and oxygen atoms in total. The maximum Gasteiger partial charge on any atom is 0.269 e. The Balaban J connectivity index is 1.91. The predicted octanol–water partition coefficient (Wildman–Crippen LogP) is 5.79. The molecule has 0 N–H and O–H groups in total. The molecular formula is C22H14ClN3O2. The van der Waals surface area contributed by atoms with Gasteiger partial charge in [-0.25, -0.2) is 0 Å². The molecule has 0 aliphatic rings. The molecule has 0 radical (unpaired) electrons. The summed E-state index contributed by atoms with van der Waals surface area (Å²) in [7, 11) is 0. The Kier molecular flexibility index (Phi) is 4.56. The van der Waals surface area contributed by atoms with E-state index < -0.39 is 4.92 Å². The van der Waals surface area contributed by atoms with E-state index in [0.717, 1.165) is 27.6 Å². The summed E-state index contributed by atoms with van der Waals surface area (Å²) in [6.07, 6.45) is 0. The average molecular weight is 388 g/mol. The summed E-state index contributed by atoms with van der Waals surface area (Å²) < 4.78 is 1.93. The first-order valence-electron chi connectivity index (χ1n) is 8.59. The molecule has 0 spiro atoms. The summed E-state index contributed by atoms with van der Waals surface area (Å²) in [5, 5.41) is 22.3. The first kappa shape index (κ1) is 17.8. The van der Waals surface area contributed by atoms with Crippen molar-refractivity contribution in [3.63, 3.8) is 0 Å². The highest BCUT2D eigenvalue weighted by Gasteiger charge is 2.19. The summed E-state index contributed by atoms with van der Waals surface area (Å²) in [6.45, 7) is 0.422. The van der Waals surface area contributed by atoms with Gasteiger partial charge in [-0.05, 0) is 29.3 Å². The molecule has 0 aliphatic heterocycles. The van der Waals surface area contributed by atoms with E-state index in [9.17, 15) is 15.4 Å². The number of halogens is 1.